The summed E-state index contributed by atoms with van der Waals surface area (Å²) >= 11 is 6.72. The van der Waals surface area contributed by atoms with Crippen molar-refractivity contribution in [2.24, 2.45) is 5.41 Å². The monoisotopic (exact) mass is 523 g/mol. The van der Waals surface area contributed by atoms with Gasteiger partial charge in [-0.25, -0.2) is 24.2 Å². The van der Waals surface area contributed by atoms with Gasteiger partial charge in [0.15, 0.2) is 0 Å². The zero-order valence-electron chi connectivity index (χ0n) is 20.1. The van der Waals surface area contributed by atoms with E-state index in [1.54, 1.807) is 31.1 Å². The number of carbonyl (C=O) groups excluding carboxylic acids is 1. The SMILES string of the molecule is CC(C)(C)OC(=O)NC1CN(c2c(F)cc3c(=O)n(NC(=O)O)c(=O)n(C4CC4)c3c2Cl)CC12CC2. The normalized spacial score (nSPS) is 20.6. The van der Waals surface area contributed by atoms with Crippen LogP contribution in [-0.4, -0.2) is 51.3 Å². The minimum atomic E-state index is -1.60. The molecule has 3 aliphatic rings. The summed E-state index contributed by atoms with van der Waals surface area (Å²) in [5, 5.41) is 11.7. The Hall–Kier alpha value is -3.28. The second kappa shape index (κ2) is 8.12. The minimum Gasteiger partial charge on any atom is -0.464 e. The van der Waals surface area contributed by atoms with Crippen molar-refractivity contribution in [3.63, 3.8) is 0 Å². The van der Waals surface area contributed by atoms with Gasteiger partial charge >= 0.3 is 17.9 Å². The number of benzene rings is 1. The summed E-state index contributed by atoms with van der Waals surface area (Å²) < 4.78 is 22.5. The van der Waals surface area contributed by atoms with Gasteiger partial charge in [-0.15, -0.1) is 0 Å². The second-order valence-electron chi connectivity index (χ2n) is 10.8. The van der Waals surface area contributed by atoms with E-state index >= 15 is 4.39 Å². The van der Waals surface area contributed by atoms with Gasteiger partial charge in [-0.05, 0) is 52.5 Å². The third-order valence-corrected chi connectivity index (χ3v) is 7.26. The van der Waals surface area contributed by atoms with Crippen molar-refractivity contribution in [2.45, 2.75) is 64.1 Å². The number of ether oxygens (including phenoxy) is 1. The summed E-state index contributed by atoms with van der Waals surface area (Å²) in [4.78, 5) is 51.3. The van der Waals surface area contributed by atoms with Gasteiger partial charge in [-0.3, -0.25) is 9.36 Å². The molecule has 2 aromatic rings. The van der Waals surface area contributed by atoms with Crippen LogP contribution in [0.5, 0.6) is 0 Å². The van der Waals surface area contributed by atoms with Crippen molar-refractivity contribution in [3.8, 4) is 0 Å². The van der Waals surface area contributed by atoms with Crippen LogP contribution in [-0.2, 0) is 4.74 Å². The Morgan fingerprint density at radius 3 is 2.47 bits per heavy atom. The fourth-order valence-electron chi connectivity index (χ4n) is 5.02. The average molecular weight is 524 g/mol. The summed E-state index contributed by atoms with van der Waals surface area (Å²) in [7, 11) is 0. The topological polar surface area (TPSA) is 135 Å². The summed E-state index contributed by atoms with van der Waals surface area (Å²) in [5.41, 5.74) is -0.906. The first kappa shape index (κ1) is 24.4. The molecule has 3 N–H and O–H groups in total. The molecule has 1 atom stereocenters. The van der Waals surface area contributed by atoms with E-state index in [2.05, 4.69) is 5.32 Å². The van der Waals surface area contributed by atoms with Crippen molar-refractivity contribution < 1.29 is 23.8 Å². The standard InChI is InChI=1S/C23H27ClFN5O6/c1-22(2,3)36-20(34)26-14-9-28(10-23(14)6-7-23)17-13(25)8-12-16(15(17)24)29(11-4-5-11)21(35)30(18(12)31)27-19(32)33/h8,11,14,27H,4-7,9-10H2,1-3H3,(H,26,34)(H,32,33). The van der Waals surface area contributed by atoms with Crippen LogP contribution in [0.3, 0.4) is 0 Å². The maximum absolute atomic E-state index is 15.5. The predicted octanol–water partition coefficient (Wildman–Crippen LogP) is 3.01. The van der Waals surface area contributed by atoms with Crippen molar-refractivity contribution in [2.75, 3.05) is 23.4 Å². The quantitative estimate of drug-likeness (QED) is 0.560. The van der Waals surface area contributed by atoms with Crippen LogP contribution in [0.25, 0.3) is 10.9 Å². The maximum atomic E-state index is 15.5. The molecule has 2 aliphatic carbocycles. The van der Waals surface area contributed by atoms with E-state index in [0.717, 1.165) is 18.9 Å². The second-order valence-corrected chi connectivity index (χ2v) is 11.2. The van der Waals surface area contributed by atoms with E-state index < -0.39 is 34.9 Å². The number of nitrogens with one attached hydrogen (secondary N) is 2. The summed E-state index contributed by atoms with van der Waals surface area (Å²) in [6, 6.07) is 0.413. The number of aromatic nitrogens is 2. The lowest BCUT2D eigenvalue weighted by molar-refractivity contribution is 0.0493. The summed E-state index contributed by atoms with van der Waals surface area (Å²) in [6.45, 7) is 6.01. The van der Waals surface area contributed by atoms with Gasteiger partial charge in [-0.2, -0.15) is 4.68 Å². The highest BCUT2D eigenvalue weighted by Gasteiger charge is 2.56. The smallest absolute Gasteiger partial charge is 0.424 e. The van der Waals surface area contributed by atoms with E-state index in [1.165, 1.54) is 4.57 Å². The molecule has 1 aliphatic heterocycles. The number of fused-ring (bicyclic) bond motifs is 1. The number of anilines is 1. The maximum Gasteiger partial charge on any atom is 0.424 e. The third kappa shape index (κ3) is 4.16. The van der Waals surface area contributed by atoms with Gasteiger partial charge in [0.1, 0.15) is 11.4 Å². The number of hydrogen-bond donors (Lipinski definition) is 3. The van der Waals surface area contributed by atoms with Crippen LogP contribution in [0, 0.1) is 11.2 Å². The largest absolute Gasteiger partial charge is 0.464 e. The highest BCUT2D eigenvalue weighted by Crippen LogP contribution is 2.54. The minimum absolute atomic E-state index is 0.0427. The summed E-state index contributed by atoms with van der Waals surface area (Å²) in [5.74, 6) is -0.777. The molecule has 3 fully saturated rings. The van der Waals surface area contributed by atoms with Gasteiger partial charge in [0.2, 0.25) is 0 Å². The van der Waals surface area contributed by atoms with E-state index in [0.29, 0.717) is 24.1 Å². The molecule has 11 nitrogen and oxygen atoms in total. The molecule has 194 valence electrons. The number of halogens is 2. The highest BCUT2D eigenvalue weighted by molar-refractivity contribution is 6.38. The Balaban J connectivity index is 1.57. The molecular formula is C23H27ClFN5O6. The molecule has 1 spiro atoms. The number of alkyl carbamates (subject to hydrolysis) is 1. The Morgan fingerprint density at radius 2 is 1.92 bits per heavy atom. The molecule has 1 unspecified atom stereocenters. The number of amides is 2. The van der Waals surface area contributed by atoms with Crippen molar-refractivity contribution in [1.29, 1.82) is 0 Å². The zero-order valence-corrected chi connectivity index (χ0v) is 20.8. The van der Waals surface area contributed by atoms with Crippen LogP contribution < -0.4 is 26.9 Å². The molecule has 0 radical (unpaired) electrons. The first-order chi connectivity index (χ1) is 16.8. The molecule has 1 aromatic carbocycles. The highest BCUT2D eigenvalue weighted by atomic mass is 35.5. The van der Waals surface area contributed by atoms with E-state index in [4.69, 9.17) is 21.4 Å². The predicted molar refractivity (Wildman–Crippen MR) is 130 cm³/mol. The van der Waals surface area contributed by atoms with Crippen molar-refractivity contribution >= 4 is 40.4 Å². The lowest BCUT2D eigenvalue weighted by Gasteiger charge is -2.24. The van der Waals surface area contributed by atoms with Gasteiger partial charge in [0, 0.05) is 24.5 Å². The Kier molecular flexibility index (Phi) is 5.51. The number of rotatable bonds is 4. The van der Waals surface area contributed by atoms with Crippen LogP contribution in [0.1, 0.15) is 52.5 Å². The first-order valence-corrected chi connectivity index (χ1v) is 12.1. The summed E-state index contributed by atoms with van der Waals surface area (Å²) in [6.07, 6.45) is 0.800. The van der Waals surface area contributed by atoms with Gasteiger partial charge < -0.3 is 20.1 Å². The van der Waals surface area contributed by atoms with Crippen LogP contribution in [0.2, 0.25) is 5.02 Å². The van der Waals surface area contributed by atoms with Crippen LogP contribution in [0.15, 0.2) is 15.7 Å². The van der Waals surface area contributed by atoms with Crippen LogP contribution >= 0.6 is 11.6 Å². The molecule has 1 aromatic heterocycles. The van der Waals surface area contributed by atoms with Crippen molar-refractivity contribution in [3.05, 3.63) is 37.7 Å². The fraction of sp³-hybridized carbons (Fsp3) is 0.565. The zero-order chi connectivity index (χ0) is 26.2. The lowest BCUT2D eigenvalue weighted by Crippen LogP contribution is -2.46. The molecule has 2 amide bonds. The number of carboxylic acid groups (broad SMARTS) is 1. The molecule has 1 saturated heterocycles. The molecule has 0 bridgehead atoms. The average Bonchev–Trinajstić information content (AvgIpc) is 3.65. The van der Waals surface area contributed by atoms with E-state index in [1.807, 2.05) is 0 Å². The van der Waals surface area contributed by atoms with Crippen molar-refractivity contribution in [1.82, 2.24) is 14.6 Å². The van der Waals surface area contributed by atoms with E-state index in [-0.39, 0.29) is 45.7 Å². The van der Waals surface area contributed by atoms with Gasteiger partial charge in [0.05, 0.1) is 27.7 Å². The molecular weight excluding hydrogens is 497 g/mol. The molecule has 13 heteroatoms. The Bertz CT molecular complexity index is 1410. The molecule has 5 rings (SSSR count). The number of nitrogens with zero attached hydrogens (tertiary/aromatic N) is 3. The van der Waals surface area contributed by atoms with Gasteiger partial charge in [-0.1, -0.05) is 11.6 Å². The number of carbonyl (C=O) groups is 2. The molecule has 36 heavy (non-hydrogen) atoms. The lowest BCUT2D eigenvalue weighted by atomic mass is 10.0. The first-order valence-electron chi connectivity index (χ1n) is 11.7. The molecule has 2 heterocycles. The third-order valence-electron chi connectivity index (χ3n) is 6.91. The molecule has 2 saturated carbocycles. The van der Waals surface area contributed by atoms with Gasteiger partial charge in [0.25, 0.3) is 5.56 Å². The fourth-order valence-corrected chi connectivity index (χ4v) is 5.42. The Labute approximate surface area is 209 Å². The van der Waals surface area contributed by atoms with Crippen LogP contribution in [0.4, 0.5) is 19.7 Å². The van der Waals surface area contributed by atoms with E-state index in [9.17, 15) is 19.2 Å². The Morgan fingerprint density at radius 1 is 1.25 bits per heavy atom. The number of hydrogen-bond acceptors (Lipinski definition) is 6.